The molecule has 0 radical (unpaired) electrons. The maximum atomic E-state index is 6.07. The minimum absolute atomic E-state index is 0.764. The standard InChI is InChI=1S/C19H16ClN3S2/c1-2-23-18(16-12-24-17-9-4-3-8-15(16)17)21-22-19(23)25-11-13-6-5-7-14(20)10-13/h3-10,12H,2,11H2,1H3. The second-order valence-electron chi connectivity index (χ2n) is 5.61. The lowest BCUT2D eigenvalue weighted by atomic mass is 10.1. The summed E-state index contributed by atoms with van der Waals surface area (Å²) in [5, 5.41) is 14.0. The van der Waals surface area contributed by atoms with Gasteiger partial charge in [-0.15, -0.1) is 21.5 Å². The summed E-state index contributed by atoms with van der Waals surface area (Å²) < 4.78 is 3.46. The van der Waals surface area contributed by atoms with E-state index >= 15 is 0 Å². The Kier molecular flexibility index (Phi) is 4.79. The van der Waals surface area contributed by atoms with Crippen LogP contribution in [0.25, 0.3) is 21.5 Å². The van der Waals surface area contributed by atoms with Gasteiger partial charge in [0.05, 0.1) is 0 Å². The van der Waals surface area contributed by atoms with E-state index in [1.54, 1.807) is 23.1 Å². The molecule has 0 amide bonds. The number of fused-ring (bicyclic) bond motifs is 1. The first-order valence-electron chi connectivity index (χ1n) is 8.03. The fourth-order valence-corrected chi connectivity index (χ4v) is 4.90. The first-order chi connectivity index (χ1) is 12.3. The van der Waals surface area contributed by atoms with Crippen molar-refractivity contribution in [1.29, 1.82) is 0 Å². The van der Waals surface area contributed by atoms with Crippen LogP contribution >= 0.6 is 34.7 Å². The monoisotopic (exact) mass is 385 g/mol. The van der Waals surface area contributed by atoms with Gasteiger partial charge in [-0.05, 0) is 30.7 Å². The second kappa shape index (κ2) is 7.20. The van der Waals surface area contributed by atoms with Crippen molar-refractivity contribution in [3.63, 3.8) is 0 Å². The molecule has 0 atom stereocenters. The summed E-state index contributed by atoms with van der Waals surface area (Å²) >= 11 is 9.51. The van der Waals surface area contributed by atoms with Gasteiger partial charge in [0.2, 0.25) is 0 Å². The van der Waals surface area contributed by atoms with Crippen LogP contribution in [0.5, 0.6) is 0 Å². The quantitative estimate of drug-likeness (QED) is 0.387. The Labute approximate surface area is 159 Å². The molecule has 2 aromatic heterocycles. The lowest BCUT2D eigenvalue weighted by molar-refractivity contribution is 0.687. The molecule has 0 spiro atoms. The highest BCUT2D eigenvalue weighted by Gasteiger charge is 2.16. The average molecular weight is 386 g/mol. The Bertz CT molecular complexity index is 1020. The molecule has 3 nitrogen and oxygen atoms in total. The Hall–Kier alpha value is -1.82. The number of thiophene rings is 1. The predicted octanol–water partition coefficient (Wildman–Crippen LogP) is 6.13. The van der Waals surface area contributed by atoms with Gasteiger partial charge in [0.25, 0.3) is 0 Å². The number of hydrogen-bond donors (Lipinski definition) is 0. The van der Waals surface area contributed by atoms with Crippen LogP contribution in [0.1, 0.15) is 12.5 Å². The van der Waals surface area contributed by atoms with Crippen molar-refractivity contribution in [2.75, 3.05) is 0 Å². The molecule has 6 heteroatoms. The summed E-state index contributed by atoms with van der Waals surface area (Å²) in [5.41, 5.74) is 2.34. The molecule has 0 saturated carbocycles. The van der Waals surface area contributed by atoms with Crippen LogP contribution in [0, 0.1) is 0 Å². The van der Waals surface area contributed by atoms with Gasteiger partial charge in [0.1, 0.15) is 0 Å². The minimum Gasteiger partial charge on any atom is -0.302 e. The fraction of sp³-hybridized carbons (Fsp3) is 0.158. The highest BCUT2D eigenvalue weighted by Crippen LogP contribution is 2.34. The molecule has 2 aromatic carbocycles. The van der Waals surface area contributed by atoms with Gasteiger partial charge < -0.3 is 4.57 Å². The van der Waals surface area contributed by atoms with E-state index in [9.17, 15) is 0 Å². The number of rotatable bonds is 5. The molecule has 0 fully saturated rings. The van der Waals surface area contributed by atoms with Crippen LogP contribution in [0.2, 0.25) is 5.02 Å². The number of halogens is 1. The zero-order valence-corrected chi connectivity index (χ0v) is 16.0. The molecule has 0 unspecified atom stereocenters. The van der Waals surface area contributed by atoms with Crippen molar-refractivity contribution in [2.24, 2.45) is 0 Å². The second-order valence-corrected chi connectivity index (χ2v) is 7.90. The third kappa shape index (κ3) is 3.32. The van der Waals surface area contributed by atoms with Crippen LogP contribution in [-0.2, 0) is 12.3 Å². The Morgan fingerprint density at radius 1 is 1.12 bits per heavy atom. The van der Waals surface area contributed by atoms with E-state index in [4.69, 9.17) is 11.6 Å². The van der Waals surface area contributed by atoms with E-state index in [0.717, 1.165) is 33.9 Å². The Balaban J connectivity index is 1.65. The maximum Gasteiger partial charge on any atom is 0.191 e. The van der Waals surface area contributed by atoms with E-state index in [1.807, 2.05) is 18.2 Å². The zero-order valence-electron chi connectivity index (χ0n) is 13.6. The predicted molar refractivity (Wildman–Crippen MR) is 108 cm³/mol. The van der Waals surface area contributed by atoms with E-state index in [-0.39, 0.29) is 0 Å². The topological polar surface area (TPSA) is 30.7 Å². The molecule has 0 aliphatic rings. The zero-order chi connectivity index (χ0) is 17.2. The van der Waals surface area contributed by atoms with Gasteiger partial charge in [-0.25, -0.2) is 0 Å². The van der Waals surface area contributed by atoms with Crippen LogP contribution < -0.4 is 0 Å². The van der Waals surface area contributed by atoms with Gasteiger partial charge >= 0.3 is 0 Å². The molecule has 0 aliphatic carbocycles. The van der Waals surface area contributed by atoms with Crippen molar-refractivity contribution in [1.82, 2.24) is 14.8 Å². The van der Waals surface area contributed by atoms with E-state index in [0.29, 0.717) is 0 Å². The molecule has 0 aliphatic heterocycles. The molecule has 4 rings (SSSR count). The van der Waals surface area contributed by atoms with Gasteiger partial charge in [-0.3, -0.25) is 0 Å². The maximum absolute atomic E-state index is 6.07. The van der Waals surface area contributed by atoms with Gasteiger partial charge in [-0.1, -0.05) is 53.7 Å². The highest BCUT2D eigenvalue weighted by atomic mass is 35.5. The summed E-state index contributed by atoms with van der Waals surface area (Å²) in [5.74, 6) is 1.76. The summed E-state index contributed by atoms with van der Waals surface area (Å²) in [6.45, 7) is 2.97. The lowest BCUT2D eigenvalue weighted by Crippen LogP contribution is -1.99. The highest BCUT2D eigenvalue weighted by molar-refractivity contribution is 7.98. The third-order valence-corrected chi connectivity index (χ3v) is 6.25. The largest absolute Gasteiger partial charge is 0.302 e. The molecule has 25 heavy (non-hydrogen) atoms. The minimum atomic E-state index is 0.764. The summed E-state index contributed by atoms with van der Waals surface area (Å²) in [6, 6.07) is 16.4. The van der Waals surface area contributed by atoms with Crippen LogP contribution in [-0.4, -0.2) is 14.8 Å². The first kappa shape index (κ1) is 16.6. The molecule has 0 bridgehead atoms. The van der Waals surface area contributed by atoms with Crippen molar-refractivity contribution in [2.45, 2.75) is 24.4 Å². The van der Waals surface area contributed by atoms with Gasteiger partial charge in [-0.2, -0.15) is 0 Å². The lowest BCUT2D eigenvalue weighted by Gasteiger charge is -2.07. The Morgan fingerprint density at radius 3 is 2.84 bits per heavy atom. The van der Waals surface area contributed by atoms with Crippen LogP contribution in [0.4, 0.5) is 0 Å². The van der Waals surface area contributed by atoms with Crippen LogP contribution in [0.3, 0.4) is 0 Å². The Morgan fingerprint density at radius 2 is 2.00 bits per heavy atom. The number of benzene rings is 2. The SMILES string of the molecule is CCn1c(SCc2cccc(Cl)c2)nnc1-c1csc2ccccc12. The van der Waals surface area contributed by atoms with Crippen molar-refractivity contribution >= 4 is 44.8 Å². The fourth-order valence-electron chi connectivity index (χ4n) is 2.81. The number of thioether (sulfide) groups is 1. The molecule has 2 heterocycles. The molecular weight excluding hydrogens is 370 g/mol. The molecule has 126 valence electrons. The van der Waals surface area contributed by atoms with E-state index in [1.165, 1.54) is 15.6 Å². The average Bonchev–Trinajstić information content (AvgIpc) is 3.23. The number of aromatic nitrogens is 3. The van der Waals surface area contributed by atoms with Crippen molar-refractivity contribution < 1.29 is 0 Å². The number of nitrogens with zero attached hydrogens (tertiary/aromatic N) is 3. The summed E-state index contributed by atoms with van der Waals surface area (Å²) in [7, 11) is 0. The normalized spacial score (nSPS) is 11.3. The van der Waals surface area contributed by atoms with E-state index < -0.39 is 0 Å². The smallest absolute Gasteiger partial charge is 0.191 e. The number of hydrogen-bond acceptors (Lipinski definition) is 4. The molecule has 0 N–H and O–H groups in total. The first-order valence-corrected chi connectivity index (χ1v) is 10.3. The molecule has 0 saturated heterocycles. The molecular formula is C19H16ClN3S2. The van der Waals surface area contributed by atoms with Crippen LogP contribution in [0.15, 0.2) is 59.1 Å². The summed E-state index contributed by atoms with van der Waals surface area (Å²) in [6.07, 6.45) is 0. The van der Waals surface area contributed by atoms with Crippen molar-refractivity contribution in [3.8, 4) is 11.4 Å². The third-order valence-electron chi connectivity index (χ3n) is 4.01. The molecule has 4 aromatic rings. The summed E-state index contributed by atoms with van der Waals surface area (Å²) in [4.78, 5) is 0. The van der Waals surface area contributed by atoms with Crippen molar-refractivity contribution in [3.05, 3.63) is 64.5 Å². The van der Waals surface area contributed by atoms with Gasteiger partial charge in [0, 0.05) is 38.3 Å². The van der Waals surface area contributed by atoms with E-state index in [2.05, 4.69) is 57.4 Å². The van der Waals surface area contributed by atoms with Gasteiger partial charge in [0.15, 0.2) is 11.0 Å².